The summed E-state index contributed by atoms with van der Waals surface area (Å²) in [5, 5.41) is 0. The molecule has 0 aromatic heterocycles. The second-order valence-corrected chi connectivity index (χ2v) is 2.23. The van der Waals surface area contributed by atoms with E-state index in [-0.39, 0.29) is 58.2 Å². The predicted octanol–water partition coefficient (Wildman–Crippen LogP) is -0.871. The van der Waals surface area contributed by atoms with Crippen LogP contribution in [0.3, 0.4) is 0 Å². The van der Waals surface area contributed by atoms with Gasteiger partial charge in [0.15, 0.2) is 0 Å². The third-order valence-corrected chi connectivity index (χ3v) is 1.16. The molecule has 0 unspecified atom stereocenters. The van der Waals surface area contributed by atoms with E-state index >= 15 is 0 Å². The topological polar surface area (TPSA) is 12.4 Å². The maximum atomic E-state index is 4.01. The molecule has 0 saturated heterocycles. The second-order valence-electron chi connectivity index (χ2n) is 2.23. The Kier molecular flexibility index (Phi) is 5.92. The molecule has 0 saturated carbocycles. The summed E-state index contributed by atoms with van der Waals surface area (Å²) in [6.45, 7) is 4.11. The van der Waals surface area contributed by atoms with Gasteiger partial charge in [-0.05, 0) is 0 Å². The van der Waals surface area contributed by atoms with Crippen LogP contribution in [0.15, 0.2) is 28.9 Å². The van der Waals surface area contributed by atoms with Crippen LogP contribution in [0.5, 0.6) is 0 Å². The van der Waals surface area contributed by atoms with Crippen LogP contribution in [0.25, 0.3) is 0 Å². The van der Waals surface area contributed by atoms with Crippen molar-refractivity contribution in [2.45, 2.75) is 13.8 Å². The third kappa shape index (κ3) is 3.86. The molecule has 0 aromatic carbocycles. The number of hydrogen-bond acceptors (Lipinski definition) is 1. The molecule has 0 spiro atoms. The predicted molar refractivity (Wildman–Crippen MR) is 40.3 cm³/mol. The molecular weight excluding hydrogens is 196 g/mol. The molecule has 1 aliphatic heterocycles. The van der Waals surface area contributed by atoms with Crippen molar-refractivity contribution >= 4 is 6.21 Å². The summed E-state index contributed by atoms with van der Waals surface area (Å²) >= 11 is 0. The van der Waals surface area contributed by atoms with E-state index in [2.05, 4.69) is 18.0 Å². The van der Waals surface area contributed by atoms with E-state index in [9.17, 15) is 0 Å². The van der Waals surface area contributed by atoms with Gasteiger partial charge in [0.1, 0.15) is 0 Å². The average molecular weight is 206 g/mol. The Balaban J connectivity index is 0.000000810. The summed E-state index contributed by atoms with van der Waals surface area (Å²) in [5.74, 6) is 1.21. The minimum absolute atomic E-state index is 0. The van der Waals surface area contributed by atoms with Crippen molar-refractivity contribution in [2.24, 2.45) is 4.99 Å². The Bertz CT molecular complexity index is 180. The molecule has 2 heteroatoms. The molecule has 0 aliphatic carbocycles. The zero-order valence-corrected chi connectivity index (χ0v) is 11.7. The minimum atomic E-state index is 0. The van der Waals surface area contributed by atoms with E-state index in [1.54, 1.807) is 0 Å². The van der Waals surface area contributed by atoms with Gasteiger partial charge in [-0.2, -0.15) is 11.5 Å². The second kappa shape index (κ2) is 5.47. The van der Waals surface area contributed by atoms with E-state index < -0.39 is 0 Å². The van der Waals surface area contributed by atoms with E-state index in [1.807, 2.05) is 25.4 Å². The van der Waals surface area contributed by atoms with Gasteiger partial charge in [0.2, 0.25) is 0 Å². The molecule has 0 aromatic rings. The first kappa shape index (κ1) is 10.8. The average Bonchev–Trinajstić information content (AvgIpc) is 1.93. The molecule has 0 fully saturated rings. The summed E-state index contributed by atoms with van der Waals surface area (Å²) in [5.41, 5.74) is 1.25. The van der Waals surface area contributed by atoms with E-state index in [0.29, 0.717) is 0 Å². The maximum absolute atomic E-state index is 4.01. The molecule has 0 amide bonds. The van der Waals surface area contributed by atoms with Crippen molar-refractivity contribution in [1.29, 1.82) is 0 Å². The fourth-order valence-corrected chi connectivity index (χ4v) is 0.766. The zero-order chi connectivity index (χ0) is 6.69. The van der Waals surface area contributed by atoms with Crippen LogP contribution in [0.1, 0.15) is 13.8 Å². The molecule has 10 heavy (non-hydrogen) atoms. The Morgan fingerprint density at radius 1 is 1.50 bits per heavy atom. The normalized spacial score (nSPS) is 15.8. The van der Waals surface area contributed by atoms with E-state index in [0.717, 1.165) is 0 Å². The van der Waals surface area contributed by atoms with Crippen LogP contribution < -0.4 is 58.2 Å². The molecule has 0 radical (unpaired) electrons. The Hall–Kier alpha value is 0.825. The Morgan fingerprint density at radius 2 is 2.20 bits per heavy atom. The van der Waals surface area contributed by atoms with Gasteiger partial charge in [0, 0.05) is 6.20 Å². The van der Waals surface area contributed by atoms with Crippen molar-refractivity contribution in [2.75, 3.05) is 0 Å². The summed E-state index contributed by atoms with van der Waals surface area (Å²) in [6, 6.07) is 0. The first-order valence-corrected chi connectivity index (χ1v) is 3.00. The molecule has 1 nitrogen and oxygen atoms in total. The van der Waals surface area contributed by atoms with Crippen LogP contribution >= 0.6 is 0 Å². The summed E-state index contributed by atoms with van der Waals surface area (Å²) in [7, 11) is 0. The van der Waals surface area contributed by atoms with Gasteiger partial charge in [-0.3, -0.25) is 4.99 Å². The van der Waals surface area contributed by atoms with Crippen molar-refractivity contribution in [3.8, 4) is 0 Å². The Labute approximate surface area is 111 Å². The maximum Gasteiger partial charge on any atom is 1.00 e. The molecule has 0 atom stereocenters. The van der Waals surface area contributed by atoms with Crippen LogP contribution in [0.2, 0.25) is 0 Å². The van der Waals surface area contributed by atoms with E-state index in [4.69, 9.17) is 0 Å². The largest absolute Gasteiger partial charge is 1.00 e. The standard InChI is InChI=1S/C8H10N.Rb/c1-7-3-4-9-6-8(2)5-7;/h3-6H,1-2H3;/q-1;+1. The SMILES string of the molecule is CC1=C[C-](C)C=NC=C1.[Rb+]. The van der Waals surface area contributed by atoms with Gasteiger partial charge >= 0.3 is 58.2 Å². The van der Waals surface area contributed by atoms with Gasteiger partial charge in [0.25, 0.3) is 0 Å². The monoisotopic (exact) mass is 205 g/mol. The van der Waals surface area contributed by atoms with Crippen LogP contribution in [-0.2, 0) is 0 Å². The molecule has 1 heterocycles. The quantitative estimate of drug-likeness (QED) is 0.456. The Morgan fingerprint density at radius 3 is 2.90 bits per heavy atom. The van der Waals surface area contributed by atoms with Crippen molar-refractivity contribution in [3.05, 3.63) is 29.8 Å². The number of hydrogen-bond donors (Lipinski definition) is 0. The van der Waals surface area contributed by atoms with Crippen LogP contribution in [0.4, 0.5) is 0 Å². The molecule has 1 rings (SSSR count). The summed E-state index contributed by atoms with van der Waals surface area (Å²) in [4.78, 5) is 4.01. The van der Waals surface area contributed by atoms with Gasteiger partial charge in [0.05, 0.1) is 0 Å². The molecule has 48 valence electrons. The van der Waals surface area contributed by atoms with Gasteiger partial charge in [-0.15, -0.1) is 19.9 Å². The molecule has 0 bridgehead atoms. The van der Waals surface area contributed by atoms with Crippen molar-refractivity contribution in [3.63, 3.8) is 0 Å². The fourth-order valence-electron chi connectivity index (χ4n) is 0.766. The van der Waals surface area contributed by atoms with Crippen molar-refractivity contribution < 1.29 is 58.2 Å². The molecule has 0 N–H and O–H groups in total. The van der Waals surface area contributed by atoms with Crippen LogP contribution in [0, 0.1) is 5.92 Å². The molecule has 1 aliphatic rings. The number of rotatable bonds is 0. The smallest absolute Gasteiger partial charge is 0.285 e. The first-order valence-electron chi connectivity index (χ1n) is 3.00. The minimum Gasteiger partial charge on any atom is -0.285 e. The van der Waals surface area contributed by atoms with Crippen molar-refractivity contribution in [1.82, 2.24) is 0 Å². The summed E-state index contributed by atoms with van der Waals surface area (Å²) < 4.78 is 0. The number of allylic oxidation sites excluding steroid dienone is 3. The fraction of sp³-hybridized carbons (Fsp3) is 0.250. The third-order valence-electron chi connectivity index (χ3n) is 1.16. The summed E-state index contributed by atoms with van der Waals surface area (Å²) in [6.07, 6.45) is 7.76. The van der Waals surface area contributed by atoms with E-state index in [1.165, 1.54) is 11.5 Å². The first-order chi connectivity index (χ1) is 4.29. The van der Waals surface area contributed by atoms with Gasteiger partial charge < -0.3 is 0 Å². The van der Waals surface area contributed by atoms with Gasteiger partial charge in [-0.25, -0.2) is 6.08 Å². The number of aliphatic imine (C=N–C) groups is 1. The number of nitrogens with zero attached hydrogens (tertiary/aromatic N) is 1. The molecular formula is C8H10NRb. The van der Waals surface area contributed by atoms with Crippen LogP contribution in [-0.4, -0.2) is 6.21 Å². The zero-order valence-electron chi connectivity index (χ0n) is 6.76. The van der Waals surface area contributed by atoms with Gasteiger partial charge in [-0.1, -0.05) is 6.21 Å².